The Morgan fingerprint density at radius 3 is 2.56 bits per heavy atom. The standard InChI is InChI=1S/C9H10Cl2N2O3/c1-2-5(9(15)16)13-8(14)6-3-4(10)7(11)12-6/h3,5,12H,2H2,1H3,(H,13,14)(H,15,16)/t5-/m0/s1. The van der Waals surface area contributed by atoms with Crippen LogP contribution in [0.2, 0.25) is 10.2 Å². The van der Waals surface area contributed by atoms with Crippen LogP contribution in [0, 0.1) is 0 Å². The van der Waals surface area contributed by atoms with Gasteiger partial charge in [0.2, 0.25) is 0 Å². The molecule has 7 heteroatoms. The Labute approximate surface area is 102 Å². The summed E-state index contributed by atoms with van der Waals surface area (Å²) < 4.78 is 0. The van der Waals surface area contributed by atoms with Crippen molar-refractivity contribution in [3.05, 3.63) is 21.9 Å². The molecule has 1 amide bonds. The Morgan fingerprint density at radius 1 is 1.56 bits per heavy atom. The Balaban J connectivity index is 2.75. The second-order valence-corrected chi connectivity index (χ2v) is 3.90. The third-order valence-electron chi connectivity index (χ3n) is 1.98. The summed E-state index contributed by atoms with van der Waals surface area (Å²) in [6.45, 7) is 1.66. The zero-order valence-electron chi connectivity index (χ0n) is 8.38. The fourth-order valence-electron chi connectivity index (χ4n) is 1.10. The van der Waals surface area contributed by atoms with Crippen LogP contribution in [-0.2, 0) is 4.79 Å². The summed E-state index contributed by atoms with van der Waals surface area (Å²) in [6.07, 6.45) is 0.295. The molecule has 0 aliphatic heterocycles. The Bertz CT molecular complexity index is 397. The van der Waals surface area contributed by atoms with Gasteiger partial charge >= 0.3 is 5.97 Å². The van der Waals surface area contributed by atoms with Gasteiger partial charge in [0.1, 0.15) is 16.9 Å². The van der Waals surface area contributed by atoms with Gasteiger partial charge in [0.05, 0.1) is 5.02 Å². The first-order chi connectivity index (χ1) is 7.45. The van der Waals surface area contributed by atoms with Crippen LogP contribution in [0.25, 0.3) is 0 Å². The van der Waals surface area contributed by atoms with Crippen molar-refractivity contribution >= 4 is 35.1 Å². The number of rotatable bonds is 4. The summed E-state index contributed by atoms with van der Waals surface area (Å²) >= 11 is 11.3. The second kappa shape index (κ2) is 5.23. The van der Waals surface area contributed by atoms with Crippen LogP contribution in [0.1, 0.15) is 23.8 Å². The van der Waals surface area contributed by atoms with E-state index in [2.05, 4.69) is 10.3 Å². The van der Waals surface area contributed by atoms with E-state index in [9.17, 15) is 9.59 Å². The molecule has 0 aromatic carbocycles. The summed E-state index contributed by atoms with van der Waals surface area (Å²) in [6, 6.07) is 0.418. The predicted octanol–water partition coefficient (Wildman–Crippen LogP) is 1.91. The molecule has 1 heterocycles. The van der Waals surface area contributed by atoms with Crippen molar-refractivity contribution in [1.82, 2.24) is 10.3 Å². The van der Waals surface area contributed by atoms with Crippen molar-refractivity contribution < 1.29 is 14.7 Å². The topological polar surface area (TPSA) is 82.2 Å². The van der Waals surface area contributed by atoms with E-state index in [1.165, 1.54) is 6.07 Å². The highest BCUT2D eigenvalue weighted by Crippen LogP contribution is 2.21. The van der Waals surface area contributed by atoms with Gasteiger partial charge in [-0.2, -0.15) is 0 Å². The maximum absolute atomic E-state index is 11.6. The van der Waals surface area contributed by atoms with E-state index >= 15 is 0 Å². The molecule has 1 atom stereocenters. The maximum Gasteiger partial charge on any atom is 0.326 e. The van der Waals surface area contributed by atoms with Crippen LogP contribution in [0.5, 0.6) is 0 Å². The number of hydrogen-bond donors (Lipinski definition) is 3. The summed E-state index contributed by atoms with van der Waals surface area (Å²) in [5, 5.41) is 11.5. The third-order valence-corrected chi connectivity index (χ3v) is 2.67. The molecular formula is C9H10Cl2N2O3. The van der Waals surface area contributed by atoms with Crippen LogP contribution in [0.3, 0.4) is 0 Å². The minimum Gasteiger partial charge on any atom is -0.480 e. The molecule has 0 spiro atoms. The van der Waals surface area contributed by atoms with E-state index in [-0.39, 0.29) is 15.9 Å². The van der Waals surface area contributed by atoms with E-state index in [1.54, 1.807) is 6.92 Å². The average Bonchev–Trinajstić information content (AvgIpc) is 2.55. The smallest absolute Gasteiger partial charge is 0.326 e. The SMILES string of the molecule is CC[C@H](NC(=O)c1cc(Cl)c(Cl)[nH]1)C(=O)O. The van der Waals surface area contributed by atoms with Crippen molar-refractivity contribution in [2.45, 2.75) is 19.4 Å². The number of halogens is 2. The third kappa shape index (κ3) is 2.90. The van der Waals surface area contributed by atoms with Crippen LogP contribution < -0.4 is 5.32 Å². The van der Waals surface area contributed by atoms with Crippen molar-refractivity contribution in [2.75, 3.05) is 0 Å². The van der Waals surface area contributed by atoms with Gasteiger partial charge in [-0.3, -0.25) is 4.79 Å². The number of carbonyl (C=O) groups excluding carboxylic acids is 1. The van der Waals surface area contributed by atoms with Gasteiger partial charge in [-0.1, -0.05) is 30.1 Å². The van der Waals surface area contributed by atoms with Crippen LogP contribution in [0.15, 0.2) is 6.07 Å². The molecule has 88 valence electrons. The summed E-state index contributed by atoms with van der Waals surface area (Å²) in [5.74, 6) is -1.64. The fourth-order valence-corrected chi connectivity index (χ4v) is 1.41. The van der Waals surface area contributed by atoms with Gasteiger partial charge in [0, 0.05) is 0 Å². The zero-order chi connectivity index (χ0) is 12.3. The molecule has 1 rings (SSSR count). The lowest BCUT2D eigenvalue weighted by molar-refractivity contribution is -0.139. The molecule has 0 fully saturated rings. The Kier molecular flexibility index (Phi) is 4.20. The molecule has 0 unspecified atom stereocenters. The number of aliphatic carboxylic acids is 1. The number of carboxylic acid groups (broad SMARTS) is 1. The first kappa shape index (κ1) is 12.9. The Hall–Kier alpha value is -1.20. The van der Waals surface area contributed by atoms with Crippen molar-refractivity contribution in [3.8, 4) is 0 Å². The number of hydrogen-bond acceptors (Lipinski definition) is 2. The molecule has 16 heavy (non-hydrogen) atoms. The lowest BCUT2D eigenvalue weighted by Crippen LogP contribution is -2.40. The molecular weight excluding hydrogens is 255 g/mol. The molecule has 1 aromatic heterocycles. The molecule has 0 bridgehead atoms. The van der Waals surface area contributed by atoms with E-state index in [1.807, 2.05) is 0 Å². The lowest BCUT2D eigenvalue weighted by Gasteiger charge is -2.10. The lowest BCUT2D eigenvalue weighted by atomic mass is 10.2. The molecule has 0 saturated carbocycles. The maximum atomic E-state index is 11.6. The fraction of sp³-hybridized carbons (Fsp3) is 0.333. The number of aromatic amines is 1. The number of aromatic nitrogens is 1. The van der Waals surface area contributed by atoms with Gasteiger partial charge in [-0.05, 0) is 12.5 Å². The number of nitrogens with one attached hydrogen (secondary N) is 2. The highest BCUT2D eigenvalue weighted by atomic mass is 35.5. The molecule has 5 nitrogen and oxygen atoms in total. The first-order valence-electron chi connectivity index (χ1n) is 4.53. The van der Waals surface area contributed by atoms with Crippen molar-refractivity contribution in [2.24, 2.45) is 0 Å². The normalized spacial score (nSPS) is 12.2. The van der Waals surface area contributed by atoms with E-state index < -0.39 is 17.9 Å². The number of amides is 1. The molecule has 3 N–H and O–H groups in total. The largest absolute Gasteiger partial charge is 0.480 e. The number of H-pyrrole nitrogens is 1. The monoisotopic (exact) mass is 264 g/mol. The summed E-state index contributed by atoms with van der Waals surface area (Å²) in [7, 11) is 0. The van der Waals surface area contributed by atoms with Gasteiger partial charge in [0.25, 0.3) is 5.91 Å². The van der Waals surface area contributed by atoms with Crippen LogP contribution in [0.4, 0.5) is 0 Å². The number of carbonyl (C=O) groups is 2. The summed E-state index contributed by atoms with van der Waals surface area (Å²) in [5.41, 5.74) is 0.134. The van der Waals surface area contributed by atoms with Gasteiger partial charge in [-0.15, -0.1) is 0 Å². The van der Waals surface area contributed by atoms with Crippen molar-refractivity contribution in [3.63, 3.8) is 0 Å². The van der Waals surface area contributed by atoms with E-state index in [4.69, 9.17) is 28.3 Å². The molecule has 0 aliphatic carbocycles. The minimum atomic E-state index is -1.08. The van der Waals surface area contributed by atoms with Gasteiger partial charge < -0.3 is 15.4 Å². The van der Waals surface area contributed by atoms with E-state index in [0.29, 0.717) is 6.42 Å². The first-order valence-corrected chi connectivity index (χ1v) is 5.29. The molecule has 0 radical (unpaired) electrons. The van der Waals surface area contributed by atoms with Gasteiger partial charge in [0.15, 0.2) is 0 Å². The van der Waals surface area contributed by atoms with Crippen LogP contribution in [-0.4, -0.2) is 28.0 Å². The average molecular weight is 265 g/mol. The summed E-state index contributed by atoms with van der Waals surface area (Å²) in [4.78, 5) is 24.8. The second-order valence-electron chi connectivity index (χ2n) is 3.12. The molecule has 1 aromatic rings. The quantitative estimate of drug-likeness (QED) is 0.777. The molecule has 0 saturated heterocycles. The highest BCUT2D eigenvalue weighted by Gasteiger charge is 2.20. The van der Waals surface area contributed by atoms with Gasteiger partial charge in [-0.25, -0.2) is 4.79 Å². The minimum absolute atomic E-state index is 0.134. The van der Waals surface area contributed by atoms with Crippen molar-refractivity contribution in [1.29, 1.82) is 0 Å². The zero-order valence-corrected chi connectivity index (χ0v) is 9.89. The number of carboxylic acids is 1. The predicted molar refractivity (Wildman–Crippen MR) is 60.0 cm³/mol. The van der Waals surface area contributed by atoms with Crippen LogP contribution >= 0.6 is 23.2 Å². The molecule has 0 aliphatic rings. The Morgan fingerprint density at radius 2 is 2.19 bits per heavy atom. The van der Waals surface area contributed by atoms with E-state index in [0.717, 1.165) is 0 Å². The highest BCUT2D eigenvalue weighted by molar-refractivity contribution is 6.41.